The van der Waals surface area contributed by atoms with Crippen molar-refractivity contribution in [1.29, 1.82) is 0 Å². The highest BCUT2D eigenvalue weighted by molar-refractivity contribution is 4.91. The van der Waals surface area contributed by atoms with E-state index in [-0.39, 0.29) is 6.10 Å². The van der Waals surface area contributed by atoms with Gasteiger partial charge in [0.2, 0.25) is 0 Å². The maximum atomic E-state index is 9.94. The molecule has 0 bridgehead atoms. The van der Waals surface area contributed by atoms with Gasteiger partial charge in [-0.05, 0) is 33.9 Å². The second-order valence-electron chi connectivity index (χ2n) is 6.31. The van der Waals surface area contributed by atoms with Gasteiger partial charge in [0.1, 0.15) is 0 Å². The molecule has 5 nitrogen and oxygen atoms in total. The molecule has 0 aromatic heterocycles. The number of likely N-dealkylation sites (N-methyl/N-ethyl adjacent to an activating group) is 1. The minimum Gasteiger partial charge on any atom is -0.392 e. The third-order valence-corrected chi connectivity index (χ3v) is 4.20. The number of aliphatic hydroxyl groups excluding tert-OH is 1. The molecule has 0 spiro atoms. The first-order chi connectivity index (χ1) is 9.06. The highest BCUT2D eigenvalue weighted by Gasteiger charge is 2.34. The molecule has 2 fully saturated rings. The number of hydrogen-bond donors (Lipinski definition) is 2. The van der Waals surface area contributed by atoms with E-state index in [1.807, 2.05) is 0 Å². The van der Waals surface area contributed by atoms with E-state index in [1.54, 1.807) is 0 Å². The van der Waals surface area contributed by atoms with Crippen LogP contribution in [0.5, 0.6) is 0 Å². The zero-order valence-electron chi connectivity index (χ0n) is 12.5. The van der Waals surface area contributed by atoms with Crippen LogP contribution in [0.1, 0.15) is 19.8 Å². The first-order valence-corrected chi connectivity index (χ1v) is 7.46. The highest BCUT2D eigenvalue weighted by Crippen LogP contribution is 2.23. The molecule has 2 aliphatic rings. The molecule has 4 atom stereocenters. The molecule has 0 radical (unpaired) electrons. The Morgan fingerprint density at radius 2 is 2.26 bits per heavy atom. The first kappa shape index (κ1) is 15.2. The van der Waals surface area contributed by atoms with Gasteiger partial charge in [0, 0.05) is 37.8 Å². The molecule has 2 N–H and O–H groups in total. The molecule has 112 valence electrons. The topological polar surface area (TPSA) is 48.0 Å². The summed E-state index contributed by atoms with van der Waals surface area (Å²) >= 11 is 0. The summed E-state index contributed by atoms with van der Waals surface area (Å²) in [7, 11) is 4.20. The van der Waals surface area contributed by atoms with Gasteiger partial charge in [-0.1, -0.05) is 0 Å². The van der Waals surface area contributed by atoms with Gasteiger partial charge in [0.15, 0.2) is 0 Å². The van der Waals surface area contributed by atoms with Crippen LogP contribution in [0.15, 0.2) is 0 Å². The van der Waals surface area contributed by atoms with E-state index in [1.165, 1.54) is 0 Å². The SMILES string of the molecule is CC(CC1COCCN1)N1CC(O)CC1CN(C)C. The van der Waals surface area contributed by atoms with E-state index in [2.05, 4.69) is 36.1 Å². The van der Waals surface area contributed by atoms with Gasteiger partial charge in [0.25, 0.3) is 0 Å². The number of nitrogens with zero attached hydrogens (tertiary/aromatic N) is 2. The predicted molar refractivity (Wildman–Crippen MR) is 76.4 cm³/mol. The Morgan fingerprint density at radius 3 is 2.89 bits per heavy atom. The van der Waals surface area contributed by atoms with Crippen molar-refractivity contribution in [2.24, 2.45) is 0 Å². The van der Waals surface area contributed by atoms with Crippen LogP contribution in [-0.2, 0) is 4.74 Å². The molecule has 2 heterocycles. The molecule has 2 saturated heterocycles. The minimum atomic E-state index is -0.164. The Kier molecular flexibility index (Phi) is 5.59. The van der Waals surface area contributed by atoms with Crippen molar-refractivity contribution in [3.05, 3.63) is 0 Å². The van der Waals surface area contributed by atoms with E-state index in [0.717, 1.165) is 45.7 Å². The summed E-state index contributed by atoms with van der Waals surface area (Å²) in [4.78, 5) is 4.69. The predicted octanol–water partition coefficient (Wildman–Crippen LogP) is -0.250. The van der Waals surface area contributed by atoms with Crippen molar-refractivity contribution in [2.75, 3.05) is 46.9 Å². The molecular weight excluding hydrogens is 242 g/mol. The molecule has 2 rings (SSSR count). The lowest BCUT2D eigenvalue weighted by Gasteiger charge is -2.35. The molecule has 2 aliphatic heterocycles. The van der Waals surface area contributed by atoms with Gasteiger partial charge in [0.05, 0.1) is 19.3 Å². The summed E-state index contributed by atoms with van der Waals surface area (Å²) in [6.07, 6.45) is 1.83. The third-order valence-electron chi connectivity index (χ3n) is 4.20. The Hall–Kier alpha value is -0.200. The van der Waals surface area contributed by atoms with Crippen LogP contribution >= 0.6 is 0 Å². The summed E-state index contributed by atoms with van der Waals surface area (Å²) in [6, 6.07) is 1.42. The summed E-state index contributed by atoms with van der Waals surface area (Å²) in [6.45, 7) is 6.72. The second-order valence-corrected chi connectivity index (χ2v) is 6.31. The first-order valence-electron chi connectivity index (χ1n) is 7.46. The van der Waals surface area contributed by atoms with Crippen LogP contribution in [0, 0.1) is 0 Å². The monoisotopic (exact) mass is 271 g/mol. The number of hydrogen-bond acceptors (Lipinski definition) is 5. The lowest BCUT2D eigenvalue weighted by molar-refractivity contribution is 0.0572. The molecule has 0 aromatic rings. The number of β-amino-alcohol motifs (C(OH)–C–C–N with tert-alkyl or cyclic N) is 1. The molecule has 4 unspecified atom stereocenters. The van der Waals surface area contributed by atoms with Crippen molar-refractivity contribution in [3.8, 4) is 0 Å². The maximum absolute atomic E-state index is 9.94. The largest absolute Gasteiger partial charge is 0.392 e. The highest BCUT2D eigenvalue weighted by atomic mass is 16.5. The number of morpholine rings is 1. The van der Waals surface area contributed by atoms with E-state index in [4.69, 9.17) is 4.74 Å². The van der Waals surface area contributed by atoms with Crippen LogP contribution in [-0.4, -0.2) is 86.1 Å². The molecule has 19 heavy (non-hydrogen) atoms. The Labute approximate surface area is 116 Å². The van der Waals surface area contributed by atoms with E-state index < -0.39 is 0 Å². The lowest BCUT2D eigenvalue weighted by atomic mass is 10.1. The fourth-order valence-corrected chi connectivity index (χ4v) is 3.38. The van der Waals surface area contributed by atoms with Crippen molar-refractivity contribution in [3.63, 3.8) is 0 Å². The van der Waals surface area contributed by atoms with Crippen LogP contribution in [0.2, 0.25) is 0 Å². The zero-order valence-corrected chi connectivity index (χ0v) is 12.5. The lowest BCUT2D eigenvalue weighted by Crippen LogP contribution is -2.48. The molecule has 0 saturated carbocycles. The van der Waals surface area contributed by atoms with Crippen LogP contribution < -0.4 is 5.32 Å². The quantitative estimate of drug-likeness (QED) is 0.722. The van der Waals surface area contributed by atoms with Crippen molar-refractivity contribution < 1.29 is 9.84 Å². The van der Waals surface area contributed by atoms with E-state index >= 15 is 0 Å². The van der Waals surface area contributed by atoms with Crippen LogP contribution in [0.4, 0.5) is 0 Å². The number of ether oxygens (including phenoxy) is 1. The summed E-state index contributed by atoms with van der Waals surface area (Å²) in [5, 5.41) is 13.5. The number of likely N-dealkylation sites (tertiary alicyclic amines) is 1. The Bertz CT molecular complexity index is 269. The average Bonchev–Trinajstić information content (AvgIpc) is 2.70. The molecule has 0 aromatic carbocycles. The van der Waals surface area contributed by atoms with Crippen molar-refractivity contribution in [2.45, 2.75) is 44.0 Å². The Morgan fingerprint density at radius 1 is 1.47 bits per heavy atom. The van der Waals surface area contributed by atoms with Gasteiger partial charge < -0.3 is 20.1 Å². The van der Waals surface area contributed by atoms with Gasteiger partial charge in [-0.2, -0.15) is 0 Å². The normalized spacial score (nSPS) is 34.9. The van der Waals surface area contributed by atoms with Crippen molar-refractivity contribution in [1.82, 2.24) is 15.1 Å². The molecule has 0 amide bonds. The molecule has 0 aliphatic carbocycles. The third kappa shape index (κ3) is 4.39. The summed E-state index contributed by atoms with van der Waals surface area (Å²) < 4.78 is 5.52. The van der Waals surface area contributed by atoms with Crippen molar-refractivity contribution >= 4 is 0 Å². The van der Waals surface area contributed by atoms with Gasteiger partial charge in [-0.25, -0.2) is 0 Å². The molecule has 5 heteroatoms. The second kappa shape index (κ2) is 6.99. The van der Waals surface area contributed by atoms with Gasteiger partial charge >= 0.3 is 0 Å². The fourth-order valence-electron chi connectivity index (χ4n) is 3.38. The zero-order chi connectivity index (χ0) is 13.8. The Balaban J connectivity index is 1.86. The van der Waals surface area contributed by atoms with Crippen LogP contribution in [0.3, 0.4) is 0 Å². The smallest absolute Gasteiger partial charge is 0.0682 e. The van der Waals surface area contributed by atoms with Gasteiger partial charge in [-0.15, -0.1) is 0 Å². The number of rotatable bonds is 5. The standard InChI is InChI=1S/C14H29N3O2/c1-11(6-12-10-19-5-4-15-12)17-9-14(18)7-13(17)8-16(2)3/h11-15,18H,4-10H2,1-3H3. The number of aliphatic hydroxyl groups is 1. The number of nitrogens with one attached hydrogen (secondary N) is 1. The van der Waals surface area contributed by atoms with Crippen LogP contribution in [0.25, 0.3) is 0 Å². The average molecular weight is 271 g/mol. The molecular formula is C14H29N3O2. The van der Waals surface area contributed by atoms with Gasteiger partial charge in [-0.3, -0.25) is 4.90 Å². The van der Waals surface area contributed by atoms with E-state index in [0.29, 0.717) is 18.1 Å². The fraction of sp³-hybridized carbons (Fsp3) is 1.00. The minimum absolute atomic E-state index is 0.164. The summed E-state index contributed by atoms with van der Waals surface area (Å²) in [5.41, 5.74) is 0. The maximum Gasteiger partial charge on any atom is 0.0682 e. The van der Waals surface area contributed by atoms with E-state index in [9.17, 15) is 5.11 Å². The summed E-state index contributed by atoms with van der Waals surface area (Å²) in [5.74, 6) is 0.